The summed E-state index contributed by atoms with van der Waals surface area (Å²) in [6.45, 7) is 4.42. The molecule has 3 unspecified atom stereocenters. The van der Waals surface area contributed by atoms with Gasteiger partial charge in [0, 0.05) is 0 Å². The quantitative estimate of drug-likeness (QED) is 0.796. The minimum atomic E-state index is -0.618. The average Bonchev–Trinajstić information content (AvgIpc) is 3.16. The Bertz CT molecular complexity index is 421. The van der Waals surface area contributed by atoms with Crippen LogP contribution in [-0.2, 0) is 11.2 Å². The van der Waals surface area contributed by atoms with Crippen molar-refractivity contribution in [1.82, 2.24) is 0 Å². The minimum absolute atomic E-state index is 0.0775. The average molecular weight is 260 g/mol. The first-order chi connectivity index (χ1) is 9.11. The maximum absolute atomic E-state index is 10.8. The van der Waals surface area contributed by atoms with E-state index in [0.29, 0.717) is 11.8 Å². The molecule has 0 aromatic heterocycles. The summed E-state index contributed by atoms with van der Waals surface area (Å²) in [4.78, 5) is 10.8. The van der Waals surface area contributed by atoms with E-state index in [1.807, 2.05) is 0 Å². The SMILES string of the molecule is CCCCc1ccc(C(C)CC2CC2C(=O)O)cc1. The molecular formula is C17H24O2. The highest BCUT2D eigenvalue weighted by atomic mass is 16.4. The van der Waals surface area contributed by atoms with Crippen LogP contribution in [0.1, 0.15) is 56.6 Å². The summed E-state index contributed by atoms with van der Waals surface area (Å²) in [5.41, 5.74) is 2.75. The molecule has 104 valence electrons. The van der Waals surface area contributed by atoms with Gasteiger partial charge in [0.25, 0.3) is 0 Å². The topological polar surface area (TPSA) is 37.3 Å². The van der Waals surface area contributed by atoms with Crippen LogP contribution in [0.15, 0.2) is 24.3 Å². The van der Waals surface area contributed by atoms with Gasteiger partial charge in [-0.2, -0.15) is 0 Å². The molecule has 0 saturated heterocycles. The second-order valence-corrected chi connectivity index (χ2v) is 5.92. The number of benzene rings is 1. The number of carboxylic acid groups (broad SMARTS) is 1. The molecule has 0 radical (unpaired) electrons. The number of unbranched alkanes of at least 4 members (excludes halogenated alkanes) is 1. The van der Waals surface area contributed by atoms with E-state index in [1.165, 1.54) is 24.0 Å². The highest BCUT2D eigenvalue weighted by Crippen LogP contribution is 2.45. The number of aliphatic carboxylic acids is 1. The van der Waals surface area contributed by atoms with Crippen molar-refractivity contribution in [3.63, 3.8) is 0 Å². The van der Waals surface area contributed by atoms with Crippen molar-refractivity contribution in [2.24, 2.45) is 11.8 Å². The molecule has 2 rings (SSSR count). The van der Waals surface area contributed by atoms with Gasteiger partial charge in [0.2, 0.25) is 0 Å². The zero-order valence-electron chi connectivity index (χ0n) is 11.9. The van der Waals surface area contributed by atoms with E-state index < -0.39 is 5.97 Å². The second kappa shape index (κ2) is 6.23. The molecule has 2 nitrogen and oxygen atoms in total. The molecule has 19 heavy (non-hydrogen) atoms. The van der Waals surface area contributed by atoms with Gasteiger partial charge in [-0.3, -0.25) is 4.79 Å². The summed E-state index contributed by atoms with van der Waals surface area (Å²) in [5.74, 6) is 0.167. The minimum Gasteiger partial charge on any atom is -0.481 e. The Morgan fingerprint density at radius 1 is 1.37 bits per heavy atom. The molecule has 0 heterocycles. The van der Waals surface area contributed by atoms with Crippen LogP contribution in [0, 0.1) is 11.8 Å². The fraction of sp³-hybridized carbons (Fsp3) is 0.588. The van der Waals surface area contributed by atoms with E-state index in [9.17, 15) is 4.79 Å². The molecular weight excluding hydrogens is 236 g/mol. The van der Waals surface area contributed by atoms with Crippen molar-refractivity contribution in [3.05, 3.63) is 35.4 Å². The summed E-state index contributed by atoms with van der Waals surface area (Å²) in [5, 5.41) is 8.93. The lowest BCUT2D eigenvalue weighted by atomic mass is 9.93. The molecule has 0 bridgehead atoms. The van der Waals surface area contributed by atoms with E-state index in [0.717, 1.165) is 19.3 Å². The van der Waals surface area contributed by atoms with E-state index in [2.05, 4.69) is 38.1 Å². The standard InChI is InChI=1S/C17H24O2/c1-3-4-5-13-6-8-14(9-7-13)12(2)10-15-11-16(15)17(18)19/h6-9,12,15-16H,3-5,10-11H2,1-2H3,(H,18,19). The summed E-state index contributed by atoms with van der Waals surface area (Å²) in [6, 6.07) is 8.88. The van der Waals surface area contributed by atoms with Gasteiger partial charge in [-0.25, -0.2) is 0 Å². The lowest BCUT2D eigenvalue weighted by Crippen LogP contribution is -2.02. The maximum Gasteiger partial charge on any atom is 0.306 e. The number of hydrogen-bond donors (Lipinski definition) is 1. The van der Waals surface area contributed by atoms with Crippen molar-refractivity contribution in [2.75, 3.05) is 0 Å². The van der Waals surface area contributed by atoms with Gasteiger partial charge in [-0.1, -0.05) is 44.5 Å². The lowest BCUT2D eigenvalue weighted by molar-refractivity contribution is -0.138. The third-order valence-corrected chi connectivity index (χ3v) is 4.26. The van der Waals surface area contributed by atoms with Gasteiger partial charge in [0.1, 0.15) is 0 Å². The fourth-order valence-electron chi connectivity index (χ4n) is 2.79. The first kappa shape index (κ1) is 14.1. The first-order valence-electron chi connectivity index (χ1n) is 7.43. The summed E-state index contributed by atoms with van der Waals surface area (Å²) >= 11 is 0. The molecule has 3 atom stereocenters. The molecule has 1 aliphatic carbocycles. The highest BCUT2D eigenvalue weighted by Gasteiger charge is 2.43. The van der Waals surface area contributed by atoms with Gasteiger partial charge in [0.15, 0.2) is 0 Å². The molecule has 0 spiro atoms. The van der Waals surface area contributed by atoms with Crippen LogP contribution in [-0.4, -0.2) is 11.1 Å². The van der Waals surface area contributed by atoms with Crippen LogP contribution in [0.3, 0.4) is 0 Å². The third kappa shape index (κ3) is 3.82. The van der Waals surface area contributed by atoms with Crippen LogP contribution in [0.25, 0.3) is 0 Å². The lowest BCUT2D eigenvalue weighted by Gasteiger charge is -2.12. The molecule has 0 aliphatic heterocycles. The largest absolute Gasteiger partial charge is 0.481 e. The van der Waals surface area contributed by atoms with E-state index in [-0.39, 0.29) is 5.92 Å². The Balaban J connectivity index is 1.86. The Morgan fingerprint density at radius 2 is 2.05 bits per heavy atom. The molecule has 1 fully saturated rings. The smallest absolute Gasteiger partial charge is 0.306 e. The Kier molecular flexibility index (Phi) is 4.62. The predicted molar refractivity (Wildman–Crippen MR) is 77.3 cm³/mol. The van der Waals surface area contributed by atoms with Gasteiger partial charge in [-0.05, 0) is 48.6 Å². The molecule has 1 aromatic rings. The number of carboxylic acids is 1. The van der Waals surface area contributed by atoms with E-state index >= 15 is 0 Å². The Hall–Kier alpha value is -1.31. The van der Waals surface area contributed by atoms with Crippen molar-refractivity contribution < 1.29 is 9.90 Å². The van der Waals surface area contributed by atoms with Crippen molar-refractivity contribution in [1.29, 1.82) is 0 Å². The maximum atomic E-state index is 10.8. The van der Waals surface area contributed by atoms with Crippen LogP contribution in [0.5, 0.6) is 0 Å². The van der Waals surface area contributed by atoms with Gasteiger partial charge < -0.3 is 5.11 Å². The molecule has 1 aliphatic rings. The molecule has 1 saturated carbocycles. The van der Waals surface area contributed by atoms with E-state index in [1.54, 1.807) is 0 Å². The Morgan fingerprint density at radius 3 is 2.58 bits per heavy atom. The van der Waals surface area contributed by atoms with Crippen LogP contribution in [0.4, 0.5) is 0 Å². The van der Waals surface area contributed by atoms with E-state index in [4.69, 9.17) is 5.11 Å². The van der Waals surface area contributed by atoms with Gasteiger partial charge in [-0.15, -0.1) is 0 Å². The monoisotopic (exact) mass is 260 g/mol. The second-order valence-electron chi connectivity index (χ2n) is 5.92. The molecule has 2 heteroatoms. The number of aryl methyl sites for hydroxylation is 1. The summed E-state index contributed by atoms with van der Waals surface area (Å²) < 4.78 is 0. The number of carbonyl (C=O) groups is 1. The first-order valence-corrected chi connectivity index (χ1v) is 7.43. The van der Waals surface area contributed by atoms with Gasteiger partial charge >= 0.3 is 5.97 Å². The summed E-state index contributed by atoms with van der Waals surface area (Å²) in [7, 11) is 0. The number of rotatable bonds is 7. The zero-order valence-corrected chi connectivity index (χ0v) is 11.9. The molecule has 0 amide bonds. The third-order valence-electron chi connectivity index (χ3n) is 4.26. The molecule has 1 aromatic carbocycles. The Labute approximate surface area is 115 Å². The van der Waals surface area contributed by atoms with Crippen LogP contribution < -0.4 is 0 Å². The fourth-order valence-corrected chi connectivity index (χ4v) is 2.79. The van der Waals surface area contributed by atoms with Crippen molar-refractivity contribution in [3.8, 4) is 0 Å². The molecule has 1 N–H and O–H groups in total. The zero-order chi connectivity index (χ0) is 13.8. The summed E-state index contributed by atoms with van der Waals surface area (Å²) in [6.07, 6.45) is 5.52. The number of hydrogen-bond acceptors (Lipinski definition) is 1. The highest BCUT2D eigenvalue weighted by molar-refractivity contribution is 5.73. The van der Waals surface area contributed by atoms with Crippen LogP contribution in [0.2, 0.25) is 0 Å². The van der Waals surface area contributed by atoms with Crippen molar-refractivity contribution >= 4 is 5.97 Å². The predicted octanol–water partition coefficient (Wildman–Crippen LogP) is 4.24. The van der Waals surface area contributed by atoms with Gasteiger partial charge in [0.05, 0.1) is 5.92 Å². The van der Waals surface area contributed by atoms with Crippen molar-refractivity contribution in [2.45, 2.75) is 51.9 Å². The van der Waals surface area contributed by atoms with Crippen LogP contribution >= 0.6 is 0 Å². The normalized spacial score (nSPS) is 23.1.